The molecule has 3 rings (SSSR count). The van der Waals surface area contributed by atoms with Gasteiger partial charge in [0.25, 0.3) is 10.0 Å². The van der Waals surface area contributed by atoms with E-state index in [1.54, 1.807) is 18.2 Å². The Kier molecular flexibility index (Phi) is 3.91. The number of sulfonamides is 1. The average molecular weight is 352 g/mol. The Balaban J connectivity index is 2.04. The number of halogens is 1. The topological polar surface area (TPSA) is 94.8 Å². The molecule has 8 heteroatoms. The second-order valence-electron chi connectivity index (χ2n) is 5.07. The zero-order valence-corrected chi connectivity index (χ0v) is 13.8. The molecule has 2 aromatic carbocycles. The lowest BCUT2D eigenvalue weighted by Crippen LogP contribution is -2.13. The maximum Gasteiger partial charge on any atom is 0.323 e. The molecule has 23 heavy (non-hydrogen) atoms. The fourth-order valence-electron chi connectivity index (χ4n) is 2.31. The highest BCUT2D eigenvalue weighted by Gasteiger charge is 2.20. The van der Waals surface area contributed by atoms with Gasteiger partial charge in [-0.05, 0) is 36.2 Å². The minimum absolute atomic E-state index is 0.0342. The number of benzene rings is 2. The molecule has 0 amide bonds. The van der Waals surface area contributed by atoms with Gasteiger partial charge in [-0.2, -0.15) is 0 Å². The van der Waals surface area contributed by atoms with Gasteiger partial charge in [0.05, 0.1) is 16.1 Å². The standard InChI is InChI=1S/C15H14ClN3O3S/c1-2-9-4-3-5-10(6-9)19-23(21,22)14-8-13-12(7-11(14)16)17-15(20)18-13/h3-8,19H,2H2,1H3,(H2,17,18,20). The van der Waals surface area contributed by atoms with Crippen LogP contribution in [0.5, 0.6) is 0 Å². The number of aromatic nitrogens is 2. The highest BCUT2D eigenvalue weighted by molar-refractivity contribution is 7.92. The van der Waals surface area contributed by atoms with E-state index in [1.165, 1.54) is 12.1 Å². The molecule has 1 heterocycles. The van der Waals surface area contributed by atoms with Crippen LogP contribution in [-0.4, -0.2) is 18.4 Å². The van der Waals surface area contributed by atoms with Crippen molar-refractivity contribution >= 4 is 38.3 Å². The largest absolute Gasteiger partial charge is 0.323 e. The van der Waals surface area contributed by atoms with Crippen molar-refractivity contribution in [2.75, 3.05) is 4.72 Å². The molecule has 0 fully saturated rings. The van der Waals surface area contributed by atoms with Gasteiger partial charge < -0.3 is 9.97 Å². The van der Waals surface area contributed by atoms with Crippen LogP contribution in [-0.2, 0) is 16.4 Å². The molecule has 0 aliphatic carbocycles. The first-order chi connectivity index (χ1) is 10.9. The van der Waals surface area contributed by atoms with Crippen molar-refractivity contribution in [2.45, 2.75) is 18.2 Å². The average Bonchev–Trinajstić information content (AvgIpc) is 2.85. The Morgan fingerprint density at radius 1 is 1.13 bits per heavy atom. The number of aromatic amines is 2. The second kappa shape index (κ2) is 5.75. The monoisotopic (exact) mass is 351 g/mol. The SMILES string of the molecule is CCc1cccc(NS(=O)(=O)c2cc3[nH]c(=O)[nH]c3cc2Cl)c1. The van der Waals surface area contributed by atoms with Gasteiger partial charge >= 0.3 is 5.69 Å². The molecular formula is C15H14ClN3O3S. The van der Waals surface area contributed by atoms with Gasteiger partial charge in [-0.25, -0.2) is 13.2 Å². The summed E-state index contributed by atoms with van der Waals surface area (Å²) in [4.78, 5) is 16.3. The summed E-state index contributed by atoms with van der Waals surface area (Å²) in [5.74, 6) is 0. The summed E-state index contributed by atoms with van der Waals surface area (Å²) in [5.41, 5.74) is 1.88. The number of hydrogen-bond donors (Lipinski definition) is 3. The van der Waals surface area contributed by atoms with Crippen LogP contribution in [0.4, 0.5) is 5.69 Å². The van der Waals surface area contributed by atoms with E-state index >= 15 is 0 Å². The number of aryl methyl sites for hydroxylation is 1. The molecule has 0 saturated carbocycles. The van der Waals surface area contributed by atoms with Gasteiger partial charge in [0.1, 0.15) is 4.90 Å². The van der Waals surface area contributed by atoms with Gasteiger partial charge in [-0.3, -0.25) is 4.72 Å². The zero-order chi connectivity index (χ0) is 16.6. The molecule has 0 aliphatic heterocycles. The zero-order valence-electron chi connectivity index (χ0n) is 12.2. The van der Waals surface area contributed by atoms with Crippen LogP contribution in [0.2, 0.25) is 5.02 Å². The number of nitrogens with one attached hydrogen (secondary N) is 3. The minimum atomic E-state index is -3.87. The van der Waals surface area contributed by atoms with Crippen molar-refractivity contribution in [3.63, 3.8) is 0 Å². The minimum Gasteiger partial charge on any atom is -0.306 e. The molecule has 0 spiro atoms. The fraction of sp³-hybridized carbons (Fsp3) is 0.133. The lowest BCUT2D eigenvalue weighted by atomic mass is 10.1. The maximum atomic E-state index is 12.6. The Bertz CT molecular complexity index is 1040. The predicted octanol–water partition coefficient (Wildman–Crippen LogP) is 2.87. The Labute approximate surface area is 137 Å². The van der Waals surface area contributed by atoms with Crippen LogP contribution < -0.4 is 10.4 Å². The summed E-state index contributed by atoms with van der Waals surface area (Å²) < 4.78 is 27.7. The predicted molar refractivity (Wildman–Crippen MR) is 90.6 cm³/mol. The lowest BCUT2D eigenvalue weighted by molar-refractivity contribution is 0.601. The molecule has 6 nitrogen and oxygen atoms in total. The number of H-pyrrole nitrogens is 2. The molecule has 0 bridgehead atoms. The summed E-state index contributed by atoms with van der Waals surface area (Å²) in [6.07, 6.45) is 0.798. The molecule has 0 radical (unpaired) electrons. The van der Waals surface area contributed by atoms with E-state index in [0.29, 0.717) is 16.7 Å². The van der Waals surface area contributed by atoms with Crippen molar-refractivity contribution < 1.29 is 8.42 Å². The number of fused-ring (bicyclic) bond motifs is 1. The number of anilines is 1. The van der Waals surface area contributed by atoms with E-state index < -0.39 is 15.7 Å². The highest BCUT2D eigenvalue weighted by Crippen LogP contribution is 2.27. The van der Waals surface area contributed by atoms with Crippen LogP contribution in [0, 0.1) is 0 Å². The van der Waals surface area contributed by atoms with E-state index in [0.717, 1.165) is 12.0 Å². The van der Waals surface area contributed by atoms with Crippen molar-refractivity contribution in [3.8, 4) is 0 Å². The third-order valence-electron chi connectivity index (χ3n) is 3.45. The fourth-order valence-corrected chi connectivity index (χ4v) is 3.91. The van der Waals surface area contributed by atoms with E-state index in [9.17, 15) is 13.2 Å². The highest BCUT2D eigenvalue weighted by atomic mass is 35.5. The quantitative estimate of drug-likeness (QED) is 0.674. The van der Waals surface area contributed by atoms with Gasteiger partial charge in [-0.15, -0.1) is 0 Å². The van der Waals surface area contributed by atoms with Crippen LogP contribution >= 0.6 is 11.6 Å². The Morgan fingerprint density at radius 3 is 2.52 bits per heavy atom. The van der Waals surface area contributed by atoms with E-state index in [2.05, 4.69) is 14.7 Å². The van der Waals surface area contributed by atoms with Gasteiger partial charge in [0.15, 0.2) is 0 Å². The second-order valence-corrected chi connectivity index (χ2v) is 7.12. The smallest absolute Gasteiger partial charge is 0.306 e. The summed E-state index contributed by atoms with van der Waals surface area (Å²) in [7, 11) is -3.87. The summed E-state index contributed by atoms with van der Waals surface area (Å²) in [5, 5.41) is 0.0342. The van der Waals surface area contributed by atoms with Gasteiger partial charge in [0, 0.05) is 5.69 Å². The molecule has 3 aromatic rings. The summed E-state index contributed by atoms with van der Waals surface area (Å²) in [6, 6.07) is 9.88. The molecule has 0 unspecified atom stereocenters. The first-order valence-electron chi connectivity index (χ1n) is 6.92. The third kappa shape index (κ3) is 3.11. The van der Waals surface area contributed by atoms with E-state index in [1.807, 2.05) is 13.0 Å². The molecule has 1 aromatic heterocycles. The van der Waals surface area contributed by atoms with Crippen molar-refractivity contribution in [2.24, 2.45) is 0 Å². The van der Waals surface area contributed by atoms with Crippen LogP contribution in [0.3, 0.4) is 0 Å². The van der Waals surface area contributed by atoms with Crippen molar-refractivity contribution in [3.05, 3.63) is 57.5 Å². The van der Waals surface area contributed by atoms with Crippen molar-refractivity contribution in [1.82, 2.24) is 9.97 Å². The van der Waals surface area contributed by atoms with Crippen LogP contribution in [0.1, 0.15) is 12.5 Å². The summed E-state index contributed by atoms with van der Waals surface area (Å²) >= 11 is 6.07. The van der Waals surface area contributed by atoms with Gasteiger partial charge in [0.2, 0.25) is 0 Å². The van der Waals surface area contributed by atoms with E-state index in [4.69, 9.17) is 11.6 Å². The molecule has 0 atom stereocenters. The number of rotatable bonds is 4. The van der Waals surface area contributed by atoms with Gasteiger partial charge in [-0.1, -0.05) is 30.7 Å². The molecular weight excluding hydrogens is 338 g/mol. The molecule has 120 valence electrons. The molecule has 3 N–H and O–H groups in total. The maximum absolute atomic E-state index is 12.6. The Hall–Kier alpha value is -2.25. The molecule has 0 saturated heterocycles. The molecule has 0 aliphatic rings. The first kappa shape index (κ1) is 15.6. The first-order valence-corrected chi connectivity index (χ1v) is 8.78. The number of hydrogen-bond acceptors (Lipinski definition) is 3. The Morgan fingerprint density at radius 2 is 1.83 bits per heavy atom. The number of imidazole rings is 1. The van der Waals surface area contributed by atoms with Crippen molar-refractivity contribution in [1.29, 1.82) is 0 Å². The van der Waals surface area contributed by atoms with Crippen LogP contribution in [0.15, 0.2) is 46.1 Å². The normalized spacial score (nSPS) is 11.7. The van der Waals surface area contributed by atoms with E-state index in [-0.39, 0.29) is 9.92 Å². The third-order valence-corrected chi connectivity index (χ3v) is 5.29. The van der Waals surface area contributed by atoms with Crippen LogP contribution in [0.25, 0.3) is 11.0 Å². The lowest BCUT2D eigenvalue weighted by Gasteiger charge is -2.10. The summed E-state index contributed by atoms with van der Waals surface area (Å²) in [6.45, 7) is 1.99.